The molecule has 7 heteroatoms. The highest BCUT2D eigenvalue weighted by molar-refractivity contribution is 6.35. The van der Waals surface area contributed by atoms with Crippen molar-refractivity contribution < 1.29 is 19.1 Å². The predicted molar refractivity (Wildman–Crippen MR) is 98.4 cm³/mol. The molecule has 2 heterocycles. The minimum absolute atomic E-state index is 0.0525. The zero-order valence-electron chi connectivity index (χ0n) is 16.7. The summed E-state index contributed by atoms with van der Waals surface area (Å²) in [4.78, 5) is 38.5. The number of rotatable bonds is 3. The van der Waals surface area contributed by atoms with E-state index in [9.17, 15) is 14.4 Å². The van der Waals surface area contributed by atoms with Crippen molar-refractivity contribution in [2.24, 2.45) is 5.92 Å². The molecule has 0 aromatic heterocycles. The molecule has 2 aliphatic rings. The normalized spacial score (nSPS) is 25.4. The molecule has 2 saturated heterocycles. The van der Waals surface area contributed by atoms with E-state index in [1.807, 2.05) is 0 Å². The van der Waals surface area contributed by atoms with E-state index in [2.05, 4.69) is 38.3 Å². The van der Waals surface area contributed by atoms with Gasteiger partial charge in [0.1, 0.15) is 0 Å². The topological polar surface area (TPSA) is 87.7 Å². The molecular formula is C19H33N3O4. The van der Waals surface area contributed by atoms with E-state index >= 15 is 0 Å². The quantitative estimate of drug-likeness (QED) is 0.578. The maximum atomic E-state index is 12.6. The molecule has 1 unspecified atom stereocenters. The maximum Gasteiger partial charge on any atom is 0.311 e. The van der Waals surface area contributed by atoms with Gasteiger partial charge in [-0.3, -0.25) is 14.4 Å². The van der Waals surface area contributed by atoms with Crippen LogP contribution in [0.2, 0.25) is 0 Å². The Labute approximate surface area is 156 Å². The van der Waals surface area contributed by atoms with Gasteiger partial charge in [-0.2, -0.15) is 0 Å². The molecule has 0 radical (unpaired) electrons. The fourth-order valence-electron chi connectivity index (χ4n) is 4.43. The molecule has 0 aliphatic carbocycles. The van der Waals surface area contributed by atoms with Crippen molar-refractivity contribution in [1.82, 2.24) is 15.5 Å². The zero-order valence-corrected chi connectivity index (χ0v) is 16.7. The molecule has 2 aliphatic heterocycles. The minimum Gasteiger partial charge on any atom is -0.466 e. The number of carbonyl (C=O) groups is 3. The molecule has 0 bridgehead atoms. The Bertz CT molecular complexity index is 543. The van der Waals surface area contributed by atoms with Gasteiger partial charge in [-0.1, -0.05) is 0 Å². The summed E-state index contributed by atoms with van der Waals surface area (Å²) in [5.74, 6) is -1.74. The molecule has 26 heavy (non-hydrogen) atoms. The number of likely N-dealkylation sites (tertiary alicyclic amines) is 1. The summed E-state index contributed by atoms with van der Waals surface area (Å²) in [7, 11) is 0. The maximum absolute atomic E-state index is 12.6. The van der Waals surface area contributed by atoms with Gasteiger partial charge >= 0.3 is 17.8 Å². The molecule has 0 aromatic carbocycles. The lowest BCUT2D eigenvalue weighted by atomic mass is 9.79. The first-order valence-corrected chi connectivity index (χ1v) is 9.59. The summed E-state index contributed by atoms with van der Waals surface area (Å²) in [5, 5.41) is 6.47. The lowest BCUT2D eigenvalue weighted by Crippen LogP contribution is -2.63. The first-order chi connectivity index (χ1) is 12.0. The van der Waals surface area contributed by atoms with Crippen molar-refractivity contribution in [3.63, 3.8) is 0 Å². The van der Waals surface area contributed by atoms with Crippen LogP contribution in [0.15, 0.2) is 0 Å². The van der Waals surface area contributed by atoms with Crippen molar-refractivity contribution in [2.45, 2.75) is 77.4 Å². The number of ether oxygens (including phenoxy) is 1. The van der Waals surface area contributed by atoms with Crippen LogP contribution in [0, 0.1) is 5.92 Å². The van der Waals surface area contributed by atoms with Crippen LogP contribution in [0.25, 0.3) is 0 Å². The third kappa shape index (κ3) is 5.43. The van der Waals surface area contributed by atoms with Gasteiger partial charge < -0.3 is 20.3 Å². The molecule has 2 rings (SSSR count). The van der Waals surface area contributed by atoms with E-state index < -0.39 is 11.8 Å². The van der Waals surface area contributed by atoms with Crippen molar-refractivity contribution in [3.8, 4) is 0 Å². The van der Waals surface area contributed by atoms with Crippen LogP contribution in [0.5, 0.6) is 0 Å². The van der Waals surface area contributed by atoms with Gasteiger partial charge in [0.15, 0.2) is 0 Å². The standard InChI is InChI=1S/C19H33N3O4/c1-6-26-17(25)13-8-7-9-22(12-13)16(24)15(23)20-14-10-18(2,3)21-19(4,5)11-14/h13-14,21H,6-12H2,1-5H3,(H,20,23). The van der Waals surface area contributed by atoms with Crippen LogP contribution in [0.4, 0.5) is 0 Å². The monoisotopic (exact) mass is 367 g/mol. The number of hydrogen-bond acceptors (Lipinski definition) is 5. The van der Waals surface area contributed by atoms with Crippen LogP contribution in [0.3, 0.4) is 0 Å². The Morgan fingerprint density at radius 1 is 1.15 bits per heavy atom. The van der Waals surface area contributed by atoms with Gasteiger partial charge in [-0.05, 0) is 60.3 Å². The third-order valence-electron chi connectivity index (χ3n) is 5.05. The molecular weight excluding hydrogens is 334 g/mol. The molecule has 0 spiro atoms. The van der Waals surface area contributed by atoms with Gasteiger partial charge in [0.25, 0.3) is 0 Å². The fraction of sp³-hybridized carbons (Fsp3) is 0.842. The molecule has 2 N–H and O–H groups in total. The molecule has 7 nitrogen and oxygen atoms in total. The van der Waals surface area contributed by atoms with Crippen LogP contribution < -0.4 is 10.6 Å². The number of esters is 1. The van der Waals surface area contributed by atoms with Crippen molar-refractivity contribution >= 4 is 17.8 Å². The van der Waals surface area contributed by atoms with E-state index in [0.717, 1.165) is 12.8 Å². The number of carbonyl (C=O) groups excluding carboxylic acids is 3. The van der Waals surface area contributed by atoms with Gasteiger partial charge in [-0.15, -0.1) is 0 Å². The molecule has 2 fully saturated rings. The number of nitrogens with zero attached hydrogens (tertiary/aromatic N) is 1. The van der Waals surface area contributed by atoms with Crippen molar-refractivity contribution in [1.29, 1.82) is 0 Å². The molecule has 1 atom stereocenters. The average Bonchev–Trinajstić information content (AvgIpc) is 2.51. The first kappa shape index (κ1) is 20.7. The SMILES string of the molecule is CCOC(=O)C1CCCN(C(=O)C(=O)NC2CC(C)(C)NC(C)(C)C2)C1. The van der Waals surface area contributed by atoms with Crippen LogP contribution >= 0.6 is 0 Å². The summed E-state index contributed by atoms with van der Waals surface area (Å²) in [6.45, 7) is 11.3. The van der Waals surface area contributed by atoms with Crippen molar-refractivity contribution in [2.75, 3.05) is 19.7 Å². The second-order valence-electron chi connectivity index (χ2n) is 8.81. The number of nitrogens with one attached hydrogen (secondary N) is 2. The van der Waals surface area contributed by atoms with Crippen LogP contribution in [-0.2, 0) is 19.1 Å². The summed E-state index contributed by atoms with van der Waals surface area (Å²) in [6.07, 6.45) is 2.93. The highest BCUT2D eigenvalue weighted by atomic mass is 16.5. The summed E-state index contributed by atoms with van der Waals surface area (Å²) < 4.78 is 5.05. The molecule has 0 aromatic rings. The van der Waals surface area contributed by atoms with E-state index in [4.69, 9.17) is 4.74 Å². The van der Waals surface area contributed by atoms with E-state index in [1.165, 1.54) is 4.90 Å². The Kier molecular flexibility index (Phi) is 6.32. The Balaban J connectivity index is 1.94. The predicted octanol–water partition coefficient (Wildman–Crippen LogP) is 1.21. The van der Waals surface area contributed by atoms with Crippen LogP contribution in [0.1, 0.15) is 60.3 Å². The highest BCUT2D eigenvalue weighted by Crippen LogP contribution is 2.28. The summed E-state index contributed by atoms with van der Waals surface area (Å²) >= 11 is 0. The fourth-order valence-corrected chi connectivity index (χ4v) is 4.43. The Morgan fingerprint density at radius 2 is 1.77 bits per heavy atom. The van der Waals surface area contributed by atoms with E-state index in [1.54, 1.807) is 6.92 Å². The number of amides is 2. The third-order valence-corrected chi connectivity index (χ3v) is 5.05. The Morgan fingerprint density at radius 3 is 2.35 bits per heavy atom. The van der Waals surface area contributed by atoms with Gasteiger partial charge in [0.05, 0.1) is 12.5 Å². The largest absolute Gasteiger partial charge is 0.466 e. The Hall–Kier alpha value is -1.63. The minimum atomic E-state index is -0.576. The first-order valence-electron chi connectivity index (χ1n) is 9.59. The van der Waals surface area contributed by atoms with Gasteiger partial charge in [0, 0.05) is 30.2 Å². The highest BCUT2D eigenvalue weighted by Gasteiger charge is 2.39. The smallest absolute Gasteiger partial charge is 0.311 e. The average molecular weight is 367 g/mol. The van der Waals surface area contributed by atoms with Gasteiger partial charge in [0.2, 0.25) is 0 Å². The molecule has 148 valence electrons. The van der Waals surface area contributed by atoms with E-state index in [-0.39, 0.29) is 35.6 Å². The second kappa shape index (κ2) is 7.94. The molecule has 0 saturated carbocycles. The van der Waals surface area contributed by atoms with Crippen LogP contribution in [-0.4, -0.2) is 59.5 Å². The summed E-state index contributed by atoms with van der Waals surface area (Å²) in [6, 6.07) is -0.0525. The van der Waals surface area contributed by atoms with Gasteiger partial charge in [-0.25, -0.2) is 0 Å². The summed E-state index contributed by atoms with van der Waals surface area (Å²) in [5.41, 5.74) is -0.217. The number of piperidine rings is 2. The lowest BCUT2D eigenvalue weighted by molar-refractivity contribution is -0.154. The number of hydrogen-bond donors (Lipinski definition) is 2. The zero-order chi connectivity index (χ0) is 19.5. The lowest BCUT2D eigenvalue weighted by Gasteiger charge is -2.46. The van der Waals surface area contributed by atoms with Crippen molar-refractivity contribution in [3.05, 3.63) is 0 Å². The molecule has 2 amide bonds. The second-order valence-corrected chi connectivity index (χ2v) is 8.81. The van der Waals surface area contributed by atoms with E-state index in [0.29, 0.717) is 26.0 Å².